The normalized spacial score (nSPS) is 30.0. The fourth-order valence-electron chi connectivity index (χ4n) is 3.08. The Hall–Kier alpha value is -0.640. The van der Waals surface area contributed by atoms with Crippen molar-refractivity contribution < 1.29 is 8.42 Å². The van der Waals surface area contributed by atoms with E-state index in [9.17, 15) is 13.7 Å². The van der Waals surface area contributed by atoms with E-state index >= 15 is 0 Å². The van der Waals surface area contributed by atoms with Gasteiger partial charge in [-0.05, 0) is 12.8 Å². The second-order valence-electron chi connectivity index (χ2n) is 5.56. The molecule has 0 spiro atoms. The maximum atomic E-state index is 11.5. The maximum absolute atomic E-state index is 11.5. The van der Waals surface area contributed by atoms with E-state index in [4.69, 9.17) is 0 Å². The SMILES string of the molecule is CCCC(C#N)N1CCN(C2CCS(=O)(=O)C2)CC1. The van der Waals surface area contributed by atoms with Crippen molar-refractivity contribution in [2.24, 2.45) is 0 Å². The molecule has 2 aliphatic rings. The van der Waals surface area contributed by atoms with Crippen molar-refractivity contribution >= 4 is 9.84 Å². The highest BCUT2D eigenvalue weighted by Gasteiger charge is 2.34. The molecule has 2 unspecified atom stereocenters. The average molecular weight is 285 g/mol. The van der Waals surface area contributed by atoms with Gasteiger partial charge in [-0.15, -0.1) is 0 Å². The molecule has 0 N–H and O–H groups in total. The lowest BCUT2D eigenvalue weighted by molar-refractivity contribution is 0.0873. The van der Waals surface area contributed by atoms with Crippen molar-refractivity contribution in [2.75, 3.05) is 37.7 Å². The zero-order valence-electron chi connectivity index (χ0n) is 11.6. The molecule has 2 atom stereocenters. The van der Waals surface area contributed by atoms with E-state index in [0.717, 1.165) is 45.4 Å². The quantitative estimate of drug-likeness (QED) is 0.752. The number of nitrogens with zero attached hydrogens (tertiary/aromatic N) is 3. The summed E-state index contributed by atoms with van der Waals surface area (Å²) in [5.41, 5.74) is 0. The minimum Gasteiger partial charge on any atom is -0.297 e. The number of nitriles is 1. The number of rotatable bonds is 4. The van der Waals surface area contributed by atoms with Crippen LogP contribution in [-0.2, 0) is 9.84 Å². The van der Waals surface area contributed by atoms with E-state index < -0.39 is 9.84 Å². The van der Waals surface area contributed by atoms with Crippen LogP contribution in [0.5, 0.6) is 0 Å². The number of piperazine rings is 1. The molecule has 19 heavy (non-hydrogen) atoms. The Morgan fingerprint density at radius 3 is 2.47 bits per heavy atom. The Morgan fingerprint density at radius 1 is 1.32 bits per heavy atom. The Morgan fingerprint density at radius 2 is 2.00 bits per heavy atom. The lowest BCUT2D eigenvalue weighted by atomic mass is 10.1. The molecule has 5 nitrogen and oxygen atoms in total. The van der Waals surface area contributed by atoms with Crippen LogP contribution in [0.25, 0.3) is 0 Å². The summed E-state index contributed by atoms with van der Waals surface area (Å²) < 4.78 is 23.0. The zero-order valence-corrected chi connectivity index (χ0v) is 12.4. The van der Waals surface area contributed by atoms with Gasteiger partial charge in [0.25, 0.3) is 0 Å². The van der Waals surface area contributed by atoms with Gasteiger partial charge in [-0.3, -0.25) is 9.80 Å². The van der Waals surface area contributed by atoms with Crippen molar-refractivity contribution in [1.29, 1.82) is 5.26 Å². The average Bonchev–Trinajstić information content (AvgIpc) is 2.77. The van der Waals surface area contributed by atoms with E-state index in [1.807, 2.05) is 0 Å². The summed E-state index contributed by atoms with van der Waals surface area (Å²) in [7, 11) is -2.80. The van der Waals surface area contributed by atoms with E-state index in [1.165, 1.54) is 0 Å². The van der Waals surface area contributed by atoms with Gasteiger partial charge >= 0.3 is 0 Å². The Labute approximate surface area is 116 Å². The molecule has 2 rings (SSSR count). The van der Waals surface area contributed by atoms with Gasteiger partial charge in [0.05, 0.1) is 23.6 Å². The lowest BCUT2D eigenvalue weighted by Crippen LogP contribution is -2.53. The van der Waals surface area contributed by atoms with Crippen LogP contribution >= 0.6 is 0 Å². The fraction of sp³-hybridized carbons (Fsp3) is 0.923. The summed E-state index contributed by atoms with van der Waals surface area (Å²) in [6, 6.07) is 2.62. The lowest BCUT2D eigenvalue weighted by Gasteiger charge is -2.39. The molecule has 0 amide bonds. The van der Waals surface area contributed by atoms with Crippen LogP contribution in [-0.4, -0.2) is 68.0 Å². The second-order valence-corrected chi connectivity index (χ2v) is 7.79. The molecule has 2 heterocycles. The van der Waals surface area contributed by atoms with Crippen molar-refractivity contribution in [3.8, 4) is 6.07 Å². The molecule has 0 aromatic rings. The van der Waals surface area contributed by atoms with Crippen LogP contribution in [0.2, 0.25) is 0 Å². The van der Waals surface area contributed by atoms with Gasteiger partial charge < -0.3 is 0 Å². The van der Waals surface area contributed by atoms with E-state index in [2.05, 4.69) is 22.8 Å². The first-order valence-electron chi connectivity index (χ1n) is 7.14. The summed E-state index contributed by atoms with van der Waals surface area (Å²) in [6.45, 7) is 5.65. The topological polar surface area (TPSA) is 64.4 Å². The first-order valence-corrected chi connectivity index (χ1v) is 8.96. The fourth-order valence-corrected chi connectivity index (χ4v) is 4.84. The van der Waals surface area contributed by atoms with Crippen molar-refractivity contribution in [2.45, 2.75) is 38.3 Å². The maximum Gasteiger partial charge on any atom is 0.151 e. The van der Waals surface area contributed by atoms with Gasteiger partial charge in [0.2, 0.25) is 0 Å². The molecule has 0 aromatic heterocycles. The summed E-state index contributed by atoms with van der Waals surface area (Å²) in [5, 5.41) is 9.17. The van der Waals surface area contributed by atoms with Crippen LogP contribution in [0.1, 0.15) is 26.2 Å². The van der Waals surface area contributed by atoms with Crippen LogP contribution < -0.4 is 0 Å². The third-order valence-electron chi connectivity index (χ3n) is 4.23. The van der Waals surface area contributed by atoms with Gasteiger partial charge in [-0.25, -0.2) is 8.42 Å². The molecule has 2 saturated heterocycles. The first kappa shape index (κ1) is 14.8. The molecular formula is C13H23N3O2S. The number of sulfone groups is 1. The molecule has 2 fully saturated rings. The molecule has 0 aromatic carbocycles. The van der Waals surface area contributed by atoms with Crippen molar-refractivity contribution in [3.63, 3.8) is 0 Å². The highest BCUT2D eigenvalue weighted by atomic mass is 32.2. The van der Waals surface area contributed by atoms with Crippen molar-refractivity contribution in [1.82, 2.24) is 9.80 Å². The molecule has 0 aliphatic carbocycles. The molecule has 6 heteroatoms. The number of hydrogen-bond acceptors (Lipinski definition) is 5. The second kappa shape index (κ2) is 6.21. The molecular weight excluding hydrogens is 262 g/mol. The Kier molecular flexibility index (Phi) is 4.82. The van der Waals surface area contributed by atoms with E-state index in [0.29, 0.717) is 11.5 Å². The first-order chi connectivity index (χ1) is 9.05. The highest BCUT2D eigenvalue weighted by Crippen LogP contribution is 2.20. The third-order valence-corrected chi connectivity index (χ3v) is 5.98. The van der Waals surface area contributed by atoms with Gasteiger partial charge in [0.15, 0.2) is 9.84 Å². The molecule has 108 valence electrons. The predicted octanol–water partition coefficient (Wildman–Crippen LogP) is 0.483. The largest absolute Gasteiger partial charge is 0.297 e. The molecule has 0 radical (unpaired) electrons. The van der Waals surface area contributed by atoms with Crippen LogP contribution in [0.4, 0.5) is 0 Å². The standard InChI is InChI=1S/C13H23N3O2S/c1-2-3-12(10-14)15-5-7-16(8-6-15)13-4-9-19(17,18)11-13/h12-13H,2-9,11H2,1H3. The summed E-state index contributed by atoms with van der Waals surface area (Å²) in [6.07, 6.45) is 2.73. The van der Waals surface area contributed by atoms with Gasteiger partial charge in [0, 0.05) is 32.2 Å². The minimum atomic E-state index is -2.80. The highest BCUT2D eigenvalue weighted by molar-refractivity contribution is 7.91. The summed E-state index contributed by atoms with van der Waals surface area (Å²) in [4.78, 5) is 4.53. The Bertz CT molecular complexity index is 435. The Balaban J connectivity index is 1.84. The smallest absolute Gasteiger partial charge is 0.151 e. The number of hydrogen-bond donors (Lipinski definition) is 0. The minimum absolute atomic E-state index is 0.0273. The van der Waals surface area contributed by atoms with Gasteiger partial charge in [0.1, 0.15) is 0 Å². The van der Waals surface area contributed by atoms with Gasteiger partial charge in [-0.1, -0.05) is 13.3 Å². The predicted molar refractivity (Wildman–Crippen MR) is 74.5 cm³/mol. The third kappa shape index (κ3) is 3.68. The monoisotopic (exact) mass is 285 g/mol. The summed E-state index contributed by atoms with van der Waals surface area (Å²) >= 11 is 0. The van der Waals surface area contributed by atoms with Crippen LogP contribution in [0.15, 0.2) is 0 Å². The zero-order chi connectivity index (χ0) is 13.9. The van der Waals surface area contributed by atoms with Crippen LogP contribution in [0.3, 0.4) is 0 Å². The van der Waals surface area contributed by atoms with E-state index in [1.54, 1.807) is 0 Å². The summed E-state index contributed by atoms with van der Waals surface area (Å²) in [5.74, 6) is 0.665. The molecule has 2 aliphatic heterocycles. The molecule has 0 saturated carbocycles. The van der Waals surface area contributed by atoms with Crippen molar-refractivity contribution in [3.05, 3.63) is 0 Å². The van der Waals surface area contributed by atoms with Crippen LogP contribution in [0, 0.1) is 11.3 Å². The molecule has 0 bridgehead atoms. The van der Waals surface area contributed by atoms with Gasteiger partial charge in [-0.2, -0.15) is 5.26 Å². The van der Waals surface area contributed by atoms with E-state index in [-0.39, 0.29) is 12.1 Å².